The molecule has 0 aliphatic rings. The second-order valence-electron chi connectivity index (χ2n) is 8.51. The molecule has 1 amide bonds. The number of carbonyl (C=O) groups is 1. The van der Waals surface area contributed by atoms with Gasteiger partial charge in [0.15, 0.2) is 0 Å². The van der Waals surface area contributed by atoms with E-state index in [-0.39, 0.29) is 5.91 Å². The topological polar surface area (TPSA) is 56.1 Å². The van der Waals surface area contributed by atoms with E-state index in [2.05, 4.69) is 48.0 Å². The van der Waals surface area contributed by atoms with Crippen molar-refractivity contribution in [3.63, 3.8) is 0 Å². The number of nitrogens with one attached hydrogen (secondary N) is 1. The average molecular weight is 476 g/mol. The number of fused-ring (bicyclic) bond motifs is 1. The van der Waals surface area contributed by atoms with E-state index in [0.717, 1.165) is 54.0 Å². The Bertz CT molecular complexity index is 1280. The highest BCUT2D eigenvalue weighted by atomic mass is 35.5. The Balaban J connectivity index is 1.34. The third kappa shape index (κ3) is 5.97. The number of aromatic nitrogens is 2. The Kier molecular flexibility index (Phi) is 7.86. The van der Waals surface area contributed by atoms with E-state index in [1.165, 1.54) is 5.56 Å². The van der Waals surface area contributed by atoms with Crippen LogP contribution < -0.4 is 10.1 Å². The first kappa shape index (κ1) is 23.8. The van der Waals surface area contributed by atoms with E-state index in [1.54, 1.807) is 24.3 Å². The normalized spacial score (nSPS) is 11.0. The summed E-state index contributed by atoms with van der Waals surface area (Å²) in [5, 5.41) is 3.53. The highest BCUT2D eigenvalue weighted by Gasteiger charge is 2.11. The summed E-state index contributed by atoms with van der Waals surface area (Å²) >= 11 is 5.99. The predicted molar refractivity (Wildman–Crippen MR) is 138 cm³/mol. The van der Waals surface area contributed by atoms with Crippen molar-refractivity contribution in [2.45, 2.75) is 39.7 Å². The fraction of sp³-hybridized carbons (Fsp3) is 0.286. The van der Waals surface area contributed by atoms with Crippen molar-refractivity contribution < 1.29 is 9.53 Å². The highest BCUT2D eigenvalue weighted by Crippen LogP contribution is 2.21. The third-order valence-corrected chi connectivity index (χ3v) is 6.05. The summed E-state index contributed by atoms with van der Waals surface area (Å²) in [5.74, 6) is 1.87. The maximum atomic E-state index is 12.3. The minimum Gasteiger partial charge on any atom is -0.493 e. The molecule has 176 valence electrons. The number of imidazole rings is 1. The van der Waals surface area contributed by atoms with Gasteiger partial charge in [-0.2, -0.15) is 0 Å². The van der Waals surface area contributed by atoms with E-state index in [4.69, 9.17) is 21.3 Å². The number of para-hydroxylation sites is 2. The second-order valence-corrected chi connectivity index (χ2v) is 8.95. The molecule has 34 heavy (non-hydrogen) atoms. The molecule has 0 fully saturated rings. The summed E-state index contributed by atoms with van der Waals surface area (Å²) in [6.45, 7) is 6.20. The van der Waals surface area contributed by atoms with Crippen LogP contribution in [-0.2, 0) is 13.0 Å². The van der Waals surface area contributed by atoms with E-state index in [9.17, 15) is 4.79 Å². The van der Waals surface area contributed by atoms with Crippen molar-refractivity contribution in [3.05, 3.63) is 94.3 Å². The summed E-state index contributed by atoms with van der Waals surface area (Å²) in [6, 6.07) is 21.5. The third-order valence-electron chi connectivity index (χ3n) is 5.81. The van der Waals surface area contributed by atoms with Crippen molar-refractivity contribution in [2.24, 2.45) is 0 Å². The van der Waals surface area contributed by atoms with Gasteiger partial charge >= 0.3 is 0 Å². The number of nitrogens with zero attached hydrogens (tertiary/aromatic N) is 2. The lowest BCUT2D eigenvalue weighted by atomic mass is 10.1. The number of hydrogen-bond acceptors (Lipinski definition) is 3. The molecular weight excluding hydrogens is 446 g/mol. The number of rotatable bonds is 10. The maximum Gasteiger partial charge on any atom is 0.251 e. The SMILES string of the molecule is Cc1ccc(C)c(OCCCn2c(CCCNC(=O)c3cccc(Cl)c3)nc3ccccc32)c1. The molecular formula is C28H30ClN3O2. The van der Waals surface area contributed by atoms with Crippen LogP contribution in [0, 0.1) is 13.8 Å². The molecule has 1 N–H and O–H groups in total. The zero-order valence-electron chi connectivity index (χ0n) is 19.7. The summed E-state index contributed by atoms with van der Waals surface area (Å²) in [7, 11) is 0. The minimum absolute atomic E-state index is 0.111. The molecule has 3 aromatic carbocycles. The summed E-state index contributed by atoms with van der Waals surface area (Å²) < 4.78 is 8.33. The number of carbonyl (C=O) groups excluding carboxylic acids is 1. The van der Waals surface area contributed by atoms with Crippen LogP contribution in [0.15, 0.2) is 66.7 Å². The molecule has 6 heteroatoms. The molecule has 0 unspecified atom stereocenters. The first-order valence-electron chi connectivity index (χ1n) is 11.7. The number of hydrogen-bond donors (Lipinski definition) is 1. The smallest absolute Gasteiger partial charge is 0.251 e. The molecule has 0 spiro atoms. The Labute approximate surface area is 205 Å². The van der Waals surface area contributed by atoms with Crippen LogP contribution in [0.5, 0.6) is 5.75 Å². The highest BCUT2D eigenvalue weighted by molar-refractivity contribution is 6.30. The number of benzene rings is 3. The van der Waals surface area contributed by atoms with Crippen LogP contribution in [0.3, 0.4) is 0 Å². The van der Waals surface area contributed by atoms with Gasteiger partial charge in [0.2, 0.25) is 0 Å². The molecule has 0 saturated carbocycles. The van der Waals surface area contributed by atoms with Gasteiger partial charge in [0.25, 0.3) is 5.91 Å². The average Bonchev–Trinajstić information content (AvgIpc) is 3.19. The van der Waals surface area contributed by atoms with E-state index < -0.39 is 0 Å². The molecule has 0 bridgehead atoms. The van der Waals surface area contributed by atoms with Crippen molar-refractivity contribution in [1.82, 2.24) is 14.9 Å². The van der Waals surface area contributed by atoms with Crippen molar-refractivity contribution in [1.29, 1.82) is 0 Å². The first-order valence-corrected chi connectivity index (χ1v) is 12.1. The van der Waals surface area contributed by atoms with Crippen molar-refractivity contribution in [3.8, 4) is 5.75 Å². The van der Waals surface area contributed by atoms with Gasteiger partial charge in [-0.1, -0.05) is 41.9 Å². The van der Waals surface area contributed by atoms with Crippen molar-refractivity contribution >= 4 is 28.5 Å². The van der Waals surface area contributed by atoms with Crippen molar-refractivity contribution in [2.75, 3.05) is 13.2 Å². The van der Waals surface area contributed by atoms with Gasteiger partial charge in [-0.15, -0.1) is 0 Å². The van der Waals surface area contributed by atoms with Gasteiger partial charge in [0.05, 0.1) is 17.6 Å². The molecule has 0 radical (unpaired) electrons. The quantitative estimate of drug-likeness (QED) is 0.280. The van der Waals surface area contributed by atoms with Crippen LogP contribution in [0.2, 0.25) is 5.02 Å². The monoisotopic (exact) mass is 475 g/mol. The number of ether oxygens (including phenoxy) is 1. The van der Waals surface area contributed by atoms with Gasteiger partial charge in [-0.25, -0.2) is 4.98 Å². The van der Waals surface area contributed by atoms with E-state index in [0.29, 0.717) is 23.7 Å². The first-order chi connectivity index (χ1) is 16.5. The summed E-state index contributed by atoms with van der Waals surface area (Å²) in [4.78, 5) is 17.2. The minimum atomic E-state index is -0.111. The van der Waals surface area contributed by atoms with Crippen LogP contribution in [0.1, 0.15) is 40.2 Å². The lowest BCUT2D eigenvalue weighted by Gasteiger charge is -2.12. The molecule has 1 heterocycles. The fourth-order valence-corrected chi connectivity index (χ4v) is 4.20. The molecule has 4 aromatic rings. The second kappa shape index (κ2) is 11.2. The van der Waals surface area contributed by atoms with Gasteiger partial charge in [0, 0.05) is 30.1 Å². The Morgan fingerprint density at radius 2 is 1.88 bits per heavy atom. The van der Waals surface area contributed by atoms with Crippen LogP contribution in [-0.4, -0.2) is 28.6 Å². The van der Waals surface area contributed by atoms with E-state index >= 15 is 0 Å². The van der Waals surface area contributed by atoms with Gasteiger partial charge < -0.3 is 14.6 Å². The summed E-state index contributed by atoms with van der Waals surface area (Å²) in [5.41, 5.74) is 5.05. The zero-order chi connectivity index (χ0) is 23.9. The fourth-order valence-electron chi connectivity index (χ4n) is 4.01. The number of amides is 1. The Morgan fingerprint density at radius 1 is 1.03 bits per heavy atom. The maximum absolute atomic E-state index is 12.3. The van der Waals surface area contributed by atoms with Gasteiger partial charge in [-0.3, -0.25) is 4.79 Å². The van der Waals surface area contributed by atoms with Gasteiger partial charge in [0.1, 0.15) is 11.6 Å². The molecule has 0 saturated heterocycles. The molecule has 5 nitrogen and oxygen atoms in total. The van der Waals surface area contributed by atoms with Gasteiger partial charge in [-0.05, 0) is 74.2 Å². The lowest BCUT2D eigenvalue weighted by molar-refractivity contribution is 0.0953. The zero-order valence-corrected chi connectivity index (χ0v) is 20.4. The number of aryl methyl sites for hydroxylation is 4. The van der Waals surface area contributed by atoms with E-state index in [1.807, 2.05) is 18.2 Å². The lowest BCUT2D eigenvalue weighted by Crippen LogP contribution is -2.25. The predicted octanol–water partition coefficient (Wildman–Crippen LogP) is 6.14. The molecule has 4 rings (SSSR count). The molecule has 0 aliphatic heterocycles. The van der Waals surface area contributed by atoms with Crippen LogP contribution in [0.25, 0.3) is 11.0 Å². The molecule has 0 atom stereocenters. The molecule has 0 aliphatic carbocycles. The standard InChI is InChI=1S/C28H30ClN3O2/c1-20-13-14-21(2)26(18-20)34-17-7-16-32-25-11-4-3-10-24(25)31-27(32)12-6-15-30-28(33)22-8-5-9-23(29)19-22/h3-5,8-11,13-14,18-19H,6-7,12,15-17H2,1-2H3,(H,30,33). The molecule has 1 aromatic heterocycles. The largest absolute Gasteiger partial charge is 0.493 e. The summed E-state index contributed by atoms with van der Waals surface area (Å²) in [6.07, 6.45) is 2.46. The van der Waals surface area contributed by atoms with Crippen LogP contribution >= 0.6 is 11.6 Å². The number of halogens is 1. The Hall–Kier alpha value is -3.31. The van der Waals surface area contributed by atoms with Crippen LogP contribution in [0.4, 0.5) is 0 Å². The Morgan fingerprint density at radius 3 is 2.74 bits per heavy atom.